The van der Waals surface area contributed by atoms with Gasteiger partial charge < -0.3 is 10.1 Å². The van der Waals surface area contributed by atoms with Crippen LogP contribution in [0.4, 0.5) is 5.13 Å². The second-order valence-corrected chi connectivity index (χ2v) is 5.99. The highest BCUT2D eigenvalue weighted by Crippen LogP contribution is 2.31. The van der Waals surface area contributed by atoms with Crippen molar-refractivity contribution < 1.29 is 9.53 Å². The van der Waals surface area contributed by atoms with Crippen LogP contribution in [0.2, 0.25) is 0 Å². The Labute approximate surface area is 127 Å². The molecule has 2 heterocycles. The first-order chi connectivity index (χ1) is 10.3. The van der Waals surface area contributed by atoms with Gasteiger partial charge in [0.25, 0.3) is 0 Å². The smallest absolute Gasteiger partial charge is 0.226 e. The highest BCUT2D eigenvalue weighted by Gasteiger charge is 2.22. The van der Waals surface area contributed by atoms with Gasteiger partial charge in [0, 0.05) is 13.0 Å². The first kappa shape index (κ1) is 14.2. The molecule has 1 aliphatic rings. The molecule has 1 N–H and O–H groups in total. The number of aromatic nitrogens is 2. The van der Waals surface area contributed by atoms with Crippen LogP contribution in [0, 0.1) is 0 Å². The van der Waals surface area contributed by atoms with Crippen LogP contribution in [0.15, 0.2) is 30.3 Å². The second kappa shape index (κ2) is 6.78. The molecule has 1 atom stereocenters. The molecule has 21 heavy (non-hydrogen) atoms. The maximum absolute atomic E-state index is 11.9. The van der Waals surface area contributed by atoms with Crippen molar-refractivity contribution in [1.82, 2.24) is 10.2 Å². The van der Waals surface area contributed by atoms with Gasteiger partial charge in [0.2, 0.25) is 11.0 Å². The minimum Gasteiger partial charge on any atom is -0.371 e. The lowest BCUT2D eigenvalue weighted by Crippen LogP contribution is -2.12. The number of hydrogen-bond donors (Lipinski definition) is 1. The van der Waals surface area contributed by atoms with Crippen molar-refractivity contribution in [2.45, 2.75) is 31.8 Å². The molecule has 1 aliphatic heterocycles. The van der Waals surface area contributed by atoms with Crippen LogP contribution < -0.4 is 5.32 Å². The molecule has 0 unspecified atom stereocenters. The maximum atomic E-state index is 11.9. The minimum atomic E-state index is -0.0334. The molecule has 1 aromatic carbocycles. The number of ether oxygens (including phenoxy) is 1. The van der Waals surface area contributed by atoms with E-state index in [1.165, 1.54) is 11.3 Å². The maximum Gasteiger partial charge on any atom is 0.226 e. The third kappa shape index (κ3) is 3.86. The zero-order valence-electron chi connectivity index (χ0n) is 11.6. The summed E-state index contributed by atoms with van der Waals surface area (Å²) in [7, 11) is 0. The predicted molar refractivity (Wildman–Crippen MR) is 81.2 cm³/mol. The average Bonchev–Trinajstić information content (AvgIpc) is 3.17. The fourth-order valence-corrected chi connectivity index (χ4v) is 3.12. The zero-order chi connectivity index (χ0) is 14.5. The molecule has 1 saturated heterocycles. The van der Waals surface area contributed by atoms with E-state index in [0.717, 1.165) is 36.4 Å². The normalized spacial score (nSPS) is 17.8. The van der Waals surface area contributed by atoms with Gasteiger partial charge in [-0.05, 0) is 24.8 Å². The molecular weight excluding hydrogens is 286 g/mol. The fraction of sp³-hybridized carbons (Fsp3) is 0.400. The molecule has 110 valence electrons. The van der Waals surface area contributed by atoms with E-state index in [2.05, 4.69) is 15.5 Å². The molecule has 1 amide bonds. The van der Waals surface area contributed by atoms with Crippen LogP contribution in [0.3, 0.4) is 0 Å². The van der Waals surface area contributed by atoms with Crippen molar-refractivity contribution in [3.05, 3.63) is 40.9 Å². The van der Waals surface area contributed by atoms with Crippen LogP contribution in [0.1, 0.15) is 35.9 Å². The summed E-state index contributed by atoms with van der Waals surface area (Å²) in [6, 6.07) is 9.97. The van der Waals surface area contributed by atoms with E-state index in [1.54, 1.807) is 0 Å². The second-order valence-electron chi connectivity index (χ2n) is 4.98. The Morgan fingerprint density at radius 3 is 2.95 bits per heavy atom. The standard InChI is InChI=1S/C15H17N3O2S/c19-13(9-8-11-5-2-1-3-6-11)16-15-18-17-14(21-15)12-7-4-10-20-12/h1-3,5-6,12H,4,7-10H2,(H,16,18,19)/t12-/m1/s1. The van der Waals surface area contributed by atoms with E-state index in [4.69, 9.17) is 4.74 Å². The molecule has 1 aromatic heterocycles. The van der Waals surface area contributed by atoms with Crippen molar-refractivity contribution in [2.24, 2.45) is 0 Å². The predicted octanol–water partition coefficient (Wildman–Crippen LogP) is 2.96. The summed E-state index contributed by atoms with van der Waals surface area (Å²) in [4.78, 5) is 11.9. The van der Waals surface area contributed by atoms with E-state index in [-0.39, 0.29) is 12.0 Å². The topological polar surface area (TPSA) is 64.1 Å². The Hall–Kier alpha value is -1.79. The summed E-state index contributed by atoms with van der Waals surface area (Å²) in [5.41, 5.74) is 1.16. The van der Waals surface area contributed by atoms with Crippen LogP contribution in [-0.2, 0) is 16.0 Å². The first-order valence-electron chi connectivity index (χ1n) is 7.10. The summed E-state index contributed by atoms with van der Waals surface area (Å²) in [5, 5.41) is 12.3. The number of nitrogens with zero attached hydrogens (tertiary/aromatic N) is 2. The number of carbonyl (C=O) groups excluding carboxylic acids is 1. The molecule has 0 bridgehead atoms. The SMILES string of the molecule is O=C(CCc1ccccc1)Nc1nnc([C@H]2CCCO2)s1. The van der Waals surface area contributed by atoms with E-state index < -0.39 is 0 Å². The summed E-state index contributed by atoms with van der Waals surface area (Å²) in [5.74, 6) is -0.0334. The molecule has 5 nitrogen and oxygen atoms in total. The summed E-state index contributed by atoms with van der Waals surface area (Å²) >= 11 is 1.40. The Kier molecular flexibility index (Phi) is 4.57. The van der Waals surface area contributed by atoms with Crippen molar-refractivity contribution in [2.75, 3.05) is 11.9 Å². The third-order valence-electron chi connectivity index (χ3n) is 3.38. The van der Waals surface area contributed by atoms with E-state index >= 15 is 0 Å². The van der Waals surface area contributed by atoms with Gasteiger partial charge in [0.15, 0.2) is 0 Å². The van der Waals surface area contributed by atoms with Crippen molar-refractivity contribution in [1.29, 1.82) is 0 Å². The monoisotopic (exact) mass is 303 g/mol. The first-order valence-corrected chi connectivity index (χ1v) is 7.92. The molecule has 0 aliphatic carbocycles. The molecule has 1 fully saturated rings. The molecule has 2 aromatic rings. The van der Waals surface area contributed by atoms with Crippen LogP contribution in [0.5, 0.6) is 0 Å². The lowest BCUT2D eigenvalue weighted by Gasteiger charge is -2.03. The van der Waals surface area contributed by atoms with Gasteiger partial charge in [-0.1, -0.05) is 41.7 Å². The molecule has 0 saturated carbocycles. The Morgan fingerprint density at radius 2 is 2.19 bits per heavy atom. The van der Waals surface area contributed by atoms with Gasteiger partial charge in [0.05, 0.1) is 0 Å². The number of rotatable bonds is 5. The largest absolute Gasteiger partial charge is 0.371 e. The van der Waals surface area contributed by atoms with Crippen molar-refractivity contribution in [3.8, 4) is 0 Å². The number of amides is 1. The number of benzene rings is 1. The zero-order valence-corrected chi connectivity index (χ0v) is 12.4. The highest BCUT2D eigenvalue weighted by molar-refractivity contribution is 7.15. The number of aryl methyl sites for hydroxylation is 1. The van der Waals surface area contributed by atoms with Crippen molar-refractivity contribution >= 4 is 22.4 Å². The number of carbonyl (C=O) groups is 1. The van der Waals surface area contributed by atoms with Gasteiger partial charge in [-0.2, -0.15) is 0 Å². The summed E-state index contributed by atoms with van der Waals surface area (Å²) in [6.07, 6.45) is 3.26. The summed E-state index contributed by atoms with van der Waals surface area (Å²) in [6.45, 7) is 0.781. The van der Waals surface area contributed by atoms with Gasteiger partial charge in [-0.15, -0.1) is 10.2 Å². The molecule has 6 heteroatoms. The minimum absolute atomic E-state index is 0.0334. The lowest BCUT2D eigenvalue weighted by atomic mass is 10.1. The Balaban J connectivity index is 1.50. The van der Waals surface area contributed by atoms with Crippen LogP contribution >= 0.6 is 11.3 Å². The lowest BCUT2D eigenvalue weighted by molar-refractivity contribution is -0.116. The van der Waals surface area contributed by atoms with Crippen LogP contribution in [-0.4, -0.2) is 22.7 Å². The Morgan fingerprint density at radius 1 is 1.33 bits per heavy atom. The molecule has 0 radical (unpaired) electrons. The van der Waals surface area contributed by atoms with Gasteiger partial charge in [0.1, 0.15) is 11.1 Å². The third-order valence-corrected chi connectivity index (χ3v) is 4.31. The highest BCUT2D eigenvalue weighted by atomic mass is 32.1. The van der Waals surface area contributed by atoms with Crippen molar-refractivity contribution in [3.63, 3.8) is 0 Å². The van der Waals surface area contributed by atoms with E-state index in [1.807, 2.05) is 30.3 Å². The summed E-state index contributed by atoms with van der Waals surface area (Å²) < 4.78 is 5.56. The molecule has 3 rings (SSSR count). The van der Waals surface area contributed by atoms with E-state index in [0.29, 0.717) is 11.6 Å². The quantitative estimate of drug-likeness (QED) is 0.922. The van der Waals surface area contributed by atoms with E-state index in [9.17, 15) is 4.79 Å². The van der Waals surface area contributed by atoms with Gasteiger partial charge >= 0.3 is 0 Å². The van der Waals surface area contributed by atoms with Gasteiger partial charge in [-0.25, -0.2) is 0 Å². The molecule has 0 spiro atoms. The number of hydrogen-bond acceptors (Lipinski definition) is 5. The molecular formula is C15H17N3O2S. The average molecular weight is 303 g/mol. The number of anilines is 1. The van der Waals surface area contributed by atoms with Crippen LogP contribution in [0.25, 0.3) is 0 Å². The van der Waals surface area contributed by atoms with Gasteiger partial charge in [-0.3, -0.25) is 4.79 Å². The Bertz CT molecular complexity index is 594. The number of nitrogens with one attached hydrogen (secondary N) is 1. The fourth-order valence-electron chi connectivity index (χ4n) is 2.27.